The number of amides is 1. The second-order valence-electron chi connectivity index (χ2n) is 8.43. The van der Waals surface area contributed by atoms with Crippen LogP contribution in [-0.2, 0) is 21.5 Å². The van der Waals surface area contributed by atoms with Gasteiger partial charge in [0.15, 0.2) is 0 Å². The molecule has 0 aliphatic rings. The molecule has 5 nitrogen and oxygen atoms in total. The first kappa shape index (κ1) is 27.5. The number of carbonyl (C=O) groups excluding carboxylic acids is 1. The van der Waals surface area contributed by atoms with Gasteiger partial charge in [-0.2, -0.15) is 8.42 Å². The quantitative estimate of drug-likeness (QED) is 0.200. The summed E-state index contributed by atoms with van der Waals surface area (Å²) in [5, 5.41) is 0. The first-order valence-electron chi connectivity index (χ1n) is 12.1. The fourth-order valence-corrected chi connectivity index (χ4v) is 4.05. The second-order valence-corrected chi connectivity index (χ2v) is 10.3. The van der Waals surface area contributed by atoms with Gasteiger partial charge in [-0.25, -0.2) is 0 Å². The van der Waals surface area contributed by atoms with Crippen LogP contribution in [0, 0.1) is 0 Å². The highest BCUT2D eigenvalue weighted by molar-refractivity contribution is 7.87. The molecule has 0 heterocycles. The van der Waals surface area contributed by atoms with Crippen LogP contribution >= 0.6 is 0 Å². The number of unbranched alkanes of at least 4 members (excludes halogenated alkanes) is 8. The van der Waals surface area contributed by atoms with E-state index in [0.29, 0.717) is 18.7 Å². The Balaban J connectivity index is 2.55. The van der Waals surface area contributed by atoms with E-state index in [0.717, 1.165) is 24.8 Å². The van der Waals surface area contributed by atoms with Gasteiger partial charge in [0.05, 0.1) is 5.75 Å². The molecule has 0 aliphatic carbocycles. The lowest BCUT2D eigenvalue weighted by Crippen LogP contribution is -2.37. The van der Waals surface area contributed by atoms with E-state index in [2.05, 4.69) is 20.8 Å². The Hall–Kier alpha value is -1.56. The third kappa shape index (κ3) is 11.6. The zero-order valence-corrected chi connectivity index (χ0v) is 20.9. The maximum atomic E-state index is 12.9. The van der Waals surface area contributed by atoms with Crippen LogP contribution in [0.25, 0.3) is 0 Å². The van der Waals surface area contributed by atoms with Crippen molar-refractivity contribution < 1.29 is 17.4 Å². The largest absolute Gasteiger partial charge is 0.382 e. The van der Waals surface area contributed by atoms with E-state index in [4.69, 9.17) is 4.18 Å². The highest BCUT2D eigenvalue weighted by Gasteiger charge is 2.19. The summed E-state index contributed by atoms with van der Waals surface area (Å²) in [5.74, 6) is 0.396. The van der Waals surface area contributed by atoms with Crippen molar-refractivity contribution in [3.63, 3.8) is 0 Å². The first-order chi connectivity index (χ1) is 14.8. The number of benzene rings is 1. The van der Waals surface area contributed by atoms with Crippen LogP contribution < -0.4 is 4.18 Å². The number of hydrogen-bond donors (Lipinski definition) is 0. The van der Waals surface area contributed by atoms with Crippen molar-refractivity contribution in [3.05, 3.63) is 29.8 Å². The lowest BCUT2D eigenvalue weighted by Gasteiger charge is -2.29. The Bertz CT molecular complexity index is 733. The lowest BCUT2D eigenvalue weighted by molar-refractivity contribution is -0.134. The molecule has 0 saturated heterocycles. The molecule has 0 bridgehead atoms. The van der Waals surface area contributed by atoms with Crippen LogP contribution in [0.3, 0.4) is 0 Å². The molecule has 0 N–H and O–H groups in total. The summed E-state index contributed by atoms with van der Waals surface area (Å²) in [6.07, 6.45) is 12.5. The number of carbonyl (C=O) groups is 1. The average Bonchev–Trinajstić information content (AvgIpc) is 2.75. The summed E-state index contributed by atoms with van der Waals surface area (Å²) >= 11 is 0. The van der Waals surface area contributed by atoms with Crippen LogP contribution in [0.2, 0.25) is 0 Å². The fraction of sp³-hybridized carbons (Fsp3) is 0.720. The summed E-state index contributed by atoms with van der Waals surface area (Å²) in [7, 11) is -3.56. The third-order valence-electron chi connectivity index (χ3n) is 5.77. The Morgan fingerprint density at radius 1 is 0.968 bits per heavy atom. The minimum atomic E-state index is -3.56. The van der Waals surface area contributed by atoms with Crippen molar-refractivity contribution in [3.8, 4) is 5.75 Å². The van der Waals surface area contributed by atoms with E-state index in [-0.39, 0.29) is 17.7 Å². The van der Waals surface area contributed by atoms with E-state index in [9.17, 15) is 13.2 Å². The molecule has 1 atom stereocenters. The number of nitrogens with zero attached hydrogens (tertiary/aromatic N) is 1. The van der Waals surface area contributed by atoms with E-state index >= 15 is 0 Å². The van der Waals surface area contributed by atoms with Crippen LogP contribution in [0.4, 0.5) is 0 Å². The molecule has 1 rings (SSSR count). The standard InChI is InChI=1S/C25H43NO4S/c1-5-8-9-10-11-12-13-14-15-19-25(27)26(22(4)6-2)21-23-17-16-18-24(20-23)30-31(28,29)7-3/h16-18,20,22H,5-15,19,21H2,1-4H3/t22-/m1/s1. The van der Waals surface area contributed by atoms with Gasteiger partial charge in [-0.1, -0.05) is 77.3 Å². The third-order valence-corrected chi connectivity index (χ3v) is 6.92. The Morgan fingerprint density at radius 3 is 2.16 bits per heavy atom. The van der Waals surface area contributed by atoms with Gasteiger partial charge in [0.1, 0.15) is 5.75 Å². The van der Waals surface area contributed by atoms with E-state index in [1.54, 1.807) is 25.1 Å². The highest BCUT2D eigenvalue weighted by Crippen LogP contribution is 2.20. The normalized spacial score (nSPS) is 12.5. The molecule has 0 aromatic heterocycles. The van der Waals surface area contributed by atoms with Crippen LogP contribution in [0.5, 0.6) is 5.75 Å². The molecule has 1 aromatic rings. The van der Waals surface area contributed by atoms with E-state index in [1.807, 2.05) is 11.0 Å². The highest BCUT2D eigenvalue weighted by atomic mass is 32.2. The molecule has 0 aliphatic heterocycles. The SMILES string of the molecule is CCCCCCCCCCCC(=O)N(Cc1cccc(OS(=O)(=O)CC)c1)[C@H](C)CC. The van der Waals surface area contributed by atoms with Gasteiger partial charge < -0.3 is 9.08 Å². The van der Waals surface area contributed by atoms with Crippen molar-refractivity contribution in [1.29, 1.82) is 0 Å². The van der Waals surface area contributed by atoms with Crippen molar-refractivity contribution in [2.24, 2.45) is 0 Å². The van der Waals surface area contributed by atoms with Gasteiger partial charge in [-0.3, -0.25) is 4.79 Å². The van der Waals surface area contributed by atoms with Crippen molar-refractivity contribution >= 4 is 16.0 Å². The zero-order chi connectivity index (χ0) is 23.1. The molecule has 1 aromatic carbocycles. The minimum Gasteiger partial charge on any atom is -0.382 e. The monoisotopic (exact) mass is 453 g/mol. The van der Waals surface area contributed by atoms with E-state index in [1.165, 1.54) is 44.9 Å². The molecule has 0 unspecified atom stereocenters. The minimum absolute atomic E-state index is 0.0759. The molecule has 1 amide bonds. The molecule has 178 valence electrons. The number of rotatable bonds is 17. The predicted octanol–water partition coefficient (Wildman–Crippen LogP) is 6.46. The van der Waals surface area contributed by atoms with Gasteiger partial charge in [-0.15, -0.1) is 0 Å². The van der Waals surface area contributed by atoms with Crippen molar-refractivity contribution in [2.75, 3.05) is 5.75 Å². The molecule has 0 saturated carbocycles. The maximum absolute atomic E-state index is 12.9. The lowest BCUT2D eigenvalue weighted by atomic mass is 10.1. The van der Waals surface area contributed by atoms with Crippen LogP contribution in [-0.4, -0.2) is 31.0 Å². The first-order valence-corrected chi connectivity index (χ1v) is 13.7. The summed E-state index contributed by atoms with van der Waals surface area (Å²) in [6, 6.07) is 7.17. The van der Waals surface area contributed by atoms with Crippen LogP contribution in [0.1, 0.15) is 104 Å². The molecule has 0 radical (unpaired) electrons. The molecule has 0 spiro atoms. The molecule has 31 heavy (non-hydrogen) atoms. The molecule has 0 fully saturated rings. The second kappa shape index (κ2) is 15.3. The molecular weight excluding hydrogens is 410 g/mol. The van der Waals surface area contributed by atoms with Crippen LogP contribution in [0.15, 0.2) is 24.3 Å². The Kier molecular flexibility index (Phi) is 13.5. The summed E-state index contributed by atoms with van der Waals surface area (Å²) in [6.45, 7) is 8.40. The summed E-state index contributed by atoms with van der Waals surface area (Å²) in [5.41, 5.74) is 0.879. The Morgan fingerprint density at radius 2 is 1.58 bits per heavy atom. The van der Waals surface area contributed by atoms with Crippen molar-refractivity contribution in [1.82, 2.24) is 4.90 Å². The van der Waals surface area contributed by atoms with Gasteiger partial charge in [0.2, 0.25) is 5.91 Å². The van der Waals surface area contributed by atoms with E-state index < -0.39 is 10.1 Å². The molecular formula is C25H43NO4S. The zero-order valence-electron chi connectivity index (χ0n) is 20.1. The topological polar surface area (TPSA) is 63.7 Å². The van der Waals surface area contributed by atoms with Gasteiger partial charge in [-0.05, 0) is 44.4 Å². The maximum Gasteiger partial charge on any atom is 0.308 e. The van der Waals surface area contributed by atoms with Crippen molar-refractivity contribution in [2.45, 2.75) is 111 Å². The Labute approximate surface area is 190 Å². The average molecular weight is 454 g/mol. The number of hydrogen-bond acceptors (Lipinski definition) is 4. The smallest absolute Gasteiger partial charge is 0.308 e. The molecule has 6 heteroatoms. The fourth-order valence-electron chi connectivity index (χ4n) is 3.54. The predicted molar refractivity (Wildman–Crippen MR) is 129 cm³/mol. The summed E-state index contributed by atoms with van der Waals surface area (Å²) in [4.78, 5) is 14.8. The van der Waals surface area contributed by atoms with Gasteiger partial charge in [0.25, 0.3) is 0 Å². The van der Waals surface area contributed by atoms with Gasteiger partial charge >= 0.3 is 10.1 Å². The summed E-state index contributed by atoms with van der Waals surface area (Å²) < 4.78 is 28.6. The van der Waals surface area contributed by atoms with Gasteiger partial charge in [0, 0.05) is 19.0 Å².